The van der Waals surface area contributed by atoms with E-state index >= 15 is 0 Å². The molecular formula is C14H21NS. The Morgan fingerprint density at radius 1 is 1.38 bits per heavy atom. The Bertz CT molecular complexity index is 377. The van der Waals surface area contributed by atoms with E-state index in [1.54, 1.807) is 11.3 Å². The number of fused-ring (bicyclic) bond motifs is 2. The monoisotopic (exact) mass is 235 g/mol. The molecule has 1 aromatic heterocycles. The van der Waals surface area contributed by atoms with E-state index in [2.05, 4.69) is 42.9 Å². The van der Waals surface area contributed by atoms with E-state index in [4.69, 9.17) is 0 Å². The number of hydrogen-bond acceptors (Lipinski definition) is 2. The van der Waals surface area contributed by atoms with Crippen LogP contribution in [-0.4, -0.2) is 6.04 Å². The molecule has 0 aromatic carbocycles. The third-order valence-corrected chi connectivity index (χ3v) is 5.79. The zero-order chi connectivity index (χ0) is 11.4. The van der Waals surface area contributed by atoms with Gasteiger partial charge in [-0.25, -0.2) is 0 Å². The molecule has 1 nitrogen and oxygen atoms in total. The summed E-state index contributed by atoms with van der Waals surface area (Å²) in [4.78, 5) is 0. The van der Waals surface area contributed by atoms with Crippen LogP contribution in [0.3, 0.4) is 0 Å². The lowest BCUT2D eigenvalue weighted by atomic mass is 9.68. The summed E-state index contributed by atoms with van der Waals surface area (Å²) in [5, 5.41) is 8.18. The molecule has 16 heavy (non-hydrogen) atoms. The van der Waals surface area contributed by atoms with Gasteiger partial charge in [-0.1, -0.05) is 20.8 Å². The molecule has 3 unspecified atom stereocenters. The van der Waals surface area contributed by atoms with Crippen LogP contribution in [0.25, 0.3) is 0 Å². The lowest BCUT2D eigenvalue weighted by Gasteiger charge is -2.43. The minimum absolute atomic E-state index is 0.453. The van der Waals surface area contributed by atoms with Crippen molar-refractivity contribution in [3.05, 3.63) is 16.8 Å². The Hall–Kier alpha value is -0.500. The standard InChI is InChI=1S/C14H21NS/c1-13(2)10-4-6-14(3,8-10)12(13)15-11-5-7-16-9-11/h5,7,9-10,12,15H,4,6,8H2,1-3H3. The SMILES string of the molecule is CC12CCC(C1)C(C)(C)C2Nc1ccsc1. The number of anilines is 1. The topological polar surface area (TPSA) is 12.0 Å². The van der Waals surface area contributed by atoms with Gasteiger partial charge in [0, 0.05) is 17.1 Å². The average molecular weight is 235 g/mol. The Kier molecular flexibility index (Phi) is 2.16. The first-order valence-electron chi connectivity index (χ1n) is 6.31. The predicted octanol–water partition coefficient (Wildman–Crippen LogP) is 4.37. The first kappa shape index (κ1) is 10.6. The minimum atomic E-state index is 0.453. The Balaban J connectivity index is 1.88. The van der Waals surface area contributed by atoms with Gasteiger partial charge in [-0.2, -0.15) is 11.3 Å². The van der Waals surface area contributed by atoms with Crippen molar-refractivity contribution in [3.8, 4) is 0 Å². The van der Waals surface area contributed by atoms with E-state index in [0.717, 1.165) is 5.92 Å². The van der Waals surface area contributed by atoms with Crippen molar-refractivity contribution in [2.75, 3.05) is 5.32 Å². The van der Waals surface area contributed by atoms with Crippen molar-refractivity contribution in [2.24, 2.45) is 16.7 Å². The molecule has 0 aliphatic heterocycles. The second-order valence-electron chi connectivity index (χ2n) is 6.50. The van der Waals surface area contributed by atoms with Gasteiger partial charge in [-0.05, 0) is 47.5 Å². The Morgan fingerprint density at radius 3 is 2.75 bits per heavy atom. The van der Waals surface area contributed by atoms with E-state index in [0.29, 0.717) is 16.9 Å². The molecule has 0 amide bonds. The van der Waals surface area contributed by atoms with E-state index in [-0.39, 0.29) is 0 Å². The summed E-state index contributed by atoms with van der Waals surface area (Å²) < 4.78 is 0. The van der Waals surface area contributed by atoms with E-state index in [9.17, 15) is 0 Å². The summed E-state index contributed by atoms with van der Waals surface area (Å²) in [6.07, 6.45) is 4.26. The van der Waals surface area contributed by atoms with Crippen LogP contribution < -0.4 is 5.32 Å². The molecule has 3 rings (SSSR count). The van der Waals surface area contributed by atoms with Crippen molar-refractivity contribution >= 4 is 17.0 Å². The number of nitrogens with one attached hydrogen (secondary N) is 1. The van der Waals surface area contributed by atoms with Crippen LogP contribution >= 0.6 is 11.3 Å². The van der Waals surface area contributed by atoms with Crippen LogP contribution in [0.15, 0.2) is 16.8 Å². The van der Waals surface area contributed by atoms with Crippen LogP contribution in [0.5, 0.6) is 0 Å². The van der Waals surface area contributed by atoms with Crippen LogP contribution in [0.4, 0.5) is 5.69 Å². The molecule has 0 radical (unpaired) electrons. The molecule has 2 aliphatic rings. The van der Waals surface area contributed by atoms with Crippen LogP contribution in [0.2, 0.25) is 0 Å². The third-order valence-electron chi connectivity index (χ3n) is 5.10. The first-order valence-corrected chi connectivity index (χ1v) is 7.25. The maximum atomic E-state index is 3.79. The van der Waals surface area contributed by atoms with Gasteiger partial charge >= 0.3 is 0 Å². The maximum absolute atomic E-state index is 3.79. The van der Waals surface area contributed by atoms with Gasteiger partial charge in [0.25, 0.3) is 0 Å². The molecule has 2 saturated carbocycles. The Labute approximate surface area is 102 Å². The van der Waals surface area contributed by atoms with Crippen molar-refractivity contribution in [1.29, 1.82) is 0 Å². The molecule has 2 aliphatic carbocycles. The molecule has 88 valence electrons. The van der Waals surface area contributed by atoms with E-state index < -0.39 is 0 Å². The van der Waals surface area contributed by atoms with Crippen LogP contribution in [0.1, 0.15) is 40.0 Å². The second kappa shape index (κ2) is 3.25. The largest absolute Gasteiger partial charge is 0.381 e. The smallest absolute Gasteiger partial charge is 0.0451 e. The normalized spacial score (nSPS) is 40.2. The minimum Gasteiger partial charge on any atom is -0.381 e. The predicted molar refractivity (Wildman–Crippen MR) is 71.0 cm³/mol. The molecule has 1 N–H and O–H groups in total. The van der Waals surface area contributed by atoms with Crippen molar-refractivity contribution in [3.63, 3.8) is 0 Å². The number of rotatable bonds is 2. The second-order valence-corrected chi connectivity index (χ2v) is 7.28. The van der Waals surface area contributed by atoms with Crippen LogP contribution in [-0.2, 0) is 0 Å². The number of hydrogen-bond donors (Lipinski definition) is 1. The lowest BCUT2D eigenvalue weighted by Crippen LogP contribution is -2.45. The van der Waals surface area contributed by atoms with Gasteiger partial charge in [0.15, 0.2) is 0 Å². The molecule has 1 aromatic rings. The zero-order valence-electron chi connectivity index (χ0n) is 10.4. The van der Waals surface area contributed by atoms with Crippen molar-refractivity contribution in [2.45, 2.75) is 46.1 Å². The van der Waals surface area contributed by atoms with Crippen molar-refractivity contribution in [1.82, 2.24) is 0 Å². The first-order chi connectivity index (χ1) is 7.52. The maximum Gasteiger partial charge on any atom is 0.0451 e. The quantitative estimate of drug-likeness (QED) is 0.802. The van der Waals surface area contributed by atoms with Crippen LogP contribution in [0, 0.1) is 16.7 Å². The lowest BCUT2D eigenvalue weighted by molar-refractivity contribution is 0.155. The van der Waals surface area contributed by atoms with E-state index in [1.165, 1.54) is 24.9 Å². The zero-order valence-corrected chi connectivity index (χ0v) is 11.2. The highest BCUT2D eigenvalue weighted by atomic mass is 32.1. The number of thiophene rings is 1. The summed E-state index contributed by atoms with van der Waals surface area (Å²) in [6.45, 7) is 7.38. The molecule has 2 heteroatoms. The highest BCUT2D eigenvalue weighted by Crippen LogP contribution is 2.63. The molecule has 0 saturated heterocycles. The summed E-state index contributed by atoms with van der Waals surface area (Å²) in [5.74, 6) is 0.925. The summed E-state index contributed by atoms with van der Waals surface area (Å²) in [7, 11) is 0. The van der Waals surface area contributed by atoms with Gasteiger partial charge in [0.05, 0.1) is 0 Å². The van der Waals surface area contributed by atoms with E-state index in [1.807, 2.05) is 0 Å². The van der Waals surface area contributed by atoms with Gasteiger partial charge in [-0.15, -0.1) is 0 Å². The molecule has 1 heterocycles. The third kappa shape index (κ3) is 1.35. The fraction of sp³-hybridized carbons (Fsp3) is 0.714. The molecule has 0 spiro atoms. The summed E-state index contributed by atoms with van der Waals surface area (Å²) >= 11 is 1.78. The van der Waals surface area contributed by atoms with Crippen molar-refractivity contribution < 1.29 is 0 Å². The fourth-order valence-electron chi connectivity index (χ4n) is 4.18. The van der Waals surface area contributed by atoms with Gasteiger partial charge in [0.1, 0.15) is 0 Å². The van der Waals surface area contributed by atoms with Gasteiger partial charge in [-0.3, -0.25) is 0 Å². The fourth-order valence-corrected chi connectivity index (χ4v) is 4.77. The van der Waals surface area contributed by atoms with Gasteiger partial charge < -0.3 is 5.32 Å². The molecule has 3 atom stereocenters. The highest BCUT2D eigenvalue weighted by molar-refractivity contribution is 7.08. The Morgan fingerprint density at radius 2 is 2.19 bits per heavy atom. The molecular weight excluding hydrogens is 214 g/mol. The summed E-state index contributed by atoms with van der Waals surface area (Å²) in [5.41, 5.74) is 2.29. The van der Waals surface area contributed by atoms with Gasteiger partial charge in [0.2, 0.25) is 0 Å². The summed E-state index contributed by atoms with van der Waals surface area (Å²) in [6, 6.07) is 2.85. The molecule has 2 bridgehead atoms. The average Bonchev–Trinajstić information content (AvgIpc) is 2.85. The molecule has 2 fully saturated rings. The highest BCUT2D eigenvalue weighted by Gasteiger charge is 2.59.